The fourth-order valence-corrected chi connectivity index (χ4v) is 2.37. The van der Waals surface area contributed by atoms with E-state index in [2.05, 4.69) is 30.8 Å². The molecule has 0 atom stereocenters. The Balaban J connectivity index is 0.000000396. The summed E-state index contributed by atoms with van der Waals surface area (Å²) in [6, 6.07) is 9.92. The van der Waals surface area contributed by atoms with Crippen LogP contribution < -0.4 is 0 Å². The average molecular weight is 301 g/mol. The second kappa shape index (κ2) is 7.99. The Morgan fingerprint density at radius 2 is 1.73 bits per heavy atom. The van der Waals surface area contributed by atoms with Gasteiger partial charge >= 0.3 is 0 Å². The van der Waals surface area contributed by atoms with Crippen LogP contribution in [0, 0.1) is 0 Å². The molecule has 22 heavy (non-hydrogen) atoms. The van der Waals surface area contributed by atoms with Gasteiger partial charge in [0.2, 0.25) is 0 Å². The second-order valence-corrected chi connectivity index (χ2v) is 5.87. The minimum atomic E-state index is 0.110. The summed E-state index contributed by atoms with van der Waals surface area (Å²) >= 11 is 0. The Morgan fingerprint density at radius 1 is 1.09 bits per heavy atom. The third-order valence-electron chi connectivity index (χ3n) is 4.05. The molecule has 0 bridgehead atoms. The number of benzene rings is 1. The van der Waals surface area contributed by atoms with E-state index in [-0.39, 0.29) is 5.91 Å². The zero-order valence-electron chi connectivity index (χ0n) is 13.9. The van der Waals surface area contributed by atoms with Gasteiger partial charge in [-0.15, -0.1) is 0 Å². The molecule has 0 radical (unpaired) electrons. The van der Waals surface area contributed by atoms with Gasteiger partial charge in [-0.3, -0.25) is 4.79 Å². The van der Waals surface area contributed by atoms with E-state index < -0.39 is 0 Å². The quantitative estimate of drug-likeness (QED) is 0.924. The zero-order chi connectivity index (χ0) is 15.9. The number of carbonyl (C=O) groups excluding carboxylic acids is 1. The van der Waals surface area contributed by atoms with E-state index in [1.54, 1.807) is 0 Å². The molecular formula is C18H27N3O. The van der Waals surface area contributed by atoms with Gasteiger partial charge < -0.3 is 14.8 Å². The number of hydrogen-bond acceptors (Lipinski definition) is 2. The van der Waals surface area contributed by atoms with E-state index in [1.165, 1.54) is 12.8 Å². The van der Waals surface area contributed by atoms with Gasteiger partial charge in [0.15, 0.2) is 0 Å². The first-order chi connectivity index (χ1) is 10.7. The Kier molecular flexibility index (Phi) is 6.01. The molecule has 2 heterocycles. The van der Waals surface area contributed by atoms with Crippen molar-refractivity contribution in [1.82, 2.24) is 14.8 Å². The number of amides is 1. The molecule has 1 aromatic carbocycles. The SMILES string of the molecule is CCCC.CN1CCN(C(=O)c2cc3ccccc3[nH]2)CC1. The van der Waals surface area contributed by atoms with Crippen molar-refractivity contribution in [3.63, 3.8) is 0 Å². The van der Waals surface area contributed by atoms with E-state index >= 15 is 0 Å². The molecular weight excluding hydrogens is 274 g/mol. The number of para-hydroxylation sites is 1. The van der Waals surface area contributed by atoms with Crippen LogP contribution in [0.25, 0.3) is 10.9 Å². The second-order valence-electron chi connectivity index (χ2n) is 5.87. The number of rotatable bonds is 2. The molecule has 3 rings (SSSR count). The van der Waals surface area contributed by atoms with Crippen molar-refractivity contribution in [2.75, 3.05) is 33.2 Å². The molecule has 4 nitrogen and oxygen atoms in total. The van der Waals surface area contributed by atoms with E-state index in [4.69, 9.17) is 0 Å². The van der Waals surface area contributed by atoms with Crippen LogP contribution in [0.2, 0.25) is 0 Å². The largest absolute Gasteiger partial charge is 0.351 e. The predicted molar refractivity (Wildman–Crippen MR) is 92.3 cm³/mol. The maximum atomic E-state index is 12.4. The van der Waals surface area contributed by atoms with Crippen LogP contribution in [0.3, 0.4) is 0 Å². The highest BCUT2D eigenvalue weighted by atomic mass is 16.2. The molecule has 0 unspecified atom stereocenters. The van der Waals surface area contributed by atoms with Crippen molar-refractivity contribution < 1.29 is 4.79 Å². The molecule has 120 valence electrons. The third kappa shape index (κ3) is 4.10. The van der Waals surface area contributed by atoms with Gasteiger partial charge in [0.25, 0.3) is 5.91 Å². The molecule has 1 aliphatic rings. The Bertz CT molecular complexity index is 562. The highest BCUT2D eigenvalue weighted by molar-refractivity contribution is 5.98. The summed E-state index contributed by atoms with van der Waals surface area (Å²) in [6.07, 6.45) is 2.64. The standard InChI is InChI=1S/C14H17N3O.C4H10/c1-16-6-8-17(9-7-16)14(18)13-10-11-4-2-3-5-12(11)15-13;1-3-4-2/h2-5,10,15H,6-9H2,1H3;3-4H2,1-2H3. The molecule has 1 N–H and O–H groups in total. The molecule has 2 aromatic rings. The fourth-order valence-electron chi connectivity index (χ4n) is 2.37. The van der Waals surface area contributed by atoms with Crippen LogP contribution in [0.5, 0.6) is 0 Å². The number of H-pyrrole nitrogens is 1. The maximum absolute atomic E-state index is 12.4. The van der Waals surface area contributed by atoms with Crippen molar-refractivity contribution in [3.05, 3.63) is 36.0 Å². The number of piperazine rings is 1. The summed E-state index contributed by atoms with van der Waals surface area (Å²) in [7, 11) is 2.09. The Labute approximate surface area is 133 Å². The summed E-state index contributed by atoms with van der Waals surface area (Å²) in [5.41, 5.74) is 1.72. The highest BCUT2D eigenvalue weighted by Gasteiger charge is 2.21. The van der Waals surface area contributed by atoms with Crippen molar-refractivity contribution in [1.29, 1.82) is 0 Å². The Morgan fingerprint density at radius 3 is 2.32 bits per heavy atom. The van der Waals surface area contributed by atoms with E-state index in [0.717, 1.165) is 37.1 Å². The molecule has 0 spiro atoms. The summed E-state index contributed by atoms with van der Waals surface area (Å²) in [5.74, 6) is 0.110. The molecule has 0 aliphatic carbocycles. The average Bonchev–Trinajstić information content (AvgIpc) is 2.99. The first-order valence-electron chi connectivity index (χ1n) is 8.21. The molecule has 1 fully saturated rings. The van der Waals surface area contributed by atoms with Gasteiger partial charge in [0.05, 0.1) is 0 Å². The number of hydrogen-bond donors (Lipinski definition) is 1. The molecule has 4 heteroatoms. The van der Waals surface area contributed by atoms with Crippen molar-refractivity contribution >= 4 is 16.8 Å². The number of aromatic nitrogens is 1. The molecule has 1 aliphatic heterocycles. The topological polar surface area (TPSA) is 39.3 Å². The minimum Gasteiger partial charge on any atom is -0.351 e. The molecule has 0 saturated carbocycles. The number of likely N-dealkylation sites (N-methyl/N-ethyl adjacent to an activating group) is 1. The van der Waals surface area contributed by atoms with E-state index in [9.17, 15) is 4.79 Å². The lowest BCUT2D eigenvalue weighted by Gasteiger charge is -2.32. The van der Waals surface area contributed by atoms with Crippen LogP contribution >= 0.6 is 0 Å². The number of aromatic amines is 1. The number of unbranched alkanes of at least 4 members (excludes halogenated alkanes) is 1. The number of carbonyl (C=O) groups is 1. The van der Waals surface area contributed by atoms with Gasteiger partial charge in [-0.25, -0.2) is 0 Å². The van der Waals surface area contributed by atoms with Crippen LogP contribution in [-0.4, -0.2) is 53.9 Å². The summed E-state index contributed by atoms with van der Waals surface area (Å²) in [5, 5.41) is 1.09. The summed E-state index contributed by atoms with van der Waals surface area (Å²) in [6.45, 7) is 7.88. The maximum Gasteiger partial charge on any atom is 0.270 e. The van der Waals surface area contributed by atoms with Gasteiger partial charge in [-0.2, -0.15) is 0 Å². The van der Waals surface area contributed by atoms with E-state index in [0.29, 0.717) is 5.69 Å². The number of nitrogens with one attached hydrogen (secondary N) is 1. The van der Waals surface area contributed by atoms with Crippen molar-refractivity contribution in [3.8, 4) is 0 Å². The van der Waals surface area contributed by atoms with Crippen LogP contribution in [-0.2, 0) is 0 Å². The van der Waals surface area contributed by atoms with Gasteiger partial charge in [-0.1, -0.05) is 44.9 Å². The van der Waals surface area contributed by atoms with Gasteiger partial charge in [0.1, 0.15) is 5.69 Å². The molecule has 1 aromatic heterocycles. The first-order valence-corrected chi connectivity index (χ1v) is 8.21. The van der Waals surface area contributed by atoms with Gasteiger partial charge in [-0.05, 0) is 19.2 Å². The normalized spacial score (nSPS) is 15.5. The summed E-state index contributed by atoms with van der Waals surface area (Å²) < 4.78 is 0. The smallest absolute Gasteiger partial charge is 0.270 e. The monoisotopic (exact) mass is 301 g/mol. The molecule has 1 saturated heterocycles. The third-order valence-corrected chi connectivity index (χ3v) is 4.05. The fraction of sp³-hybridized carbons (Fsp3) is 0.500. The highest BCUT2D eigenvalue weighted by Crippen LogP contribution is 2.16. The number of fused-ring (bicyclic) bond motifs is 1. The molecule has 1 amide bonds. The lowest BCUT2D eigenvalue weighted by Crippen LogP contribution is -2.47. The van der Waals surface area contributed by atoms with E-state index in [1.807, 2.05) is 35.2 Å². The van der Waals surface area contributed by atoms with Gasteiger partial charge in [0, 0.05) is 37.1 Å². The van der Waals surface area contributed by atoms with Crippen LogP contribution in [0.15, 0.2) is 30.3 Å². The predicted octanol–water partition coefficient (Wildman–Crippen LogP) is 3.36. The Hall–Kier alpha value is -1.81. The van der Waals surface area contributed by atoms with Crippen LogP contribution in [0.1, 0.15) is 37.2 Å². The van der Waals surface area contributed by atoms with Crippen molar-refractivity contribution in [2.45, 2.75) is 26.7 Å². The van der Waals surface area contributed by atoms with Crippen molar-refractivity contribution in [2.24, 2.45) is 0 Å². The lowest BCUT2D eigenvalue weighted by molar-refractivity contribution is 0.0659. The van der Waals surface area contributed by atoms with Crippen LogP contribution in [0.4, 0.5) is 0 Å². The summed E-state index contributed by atoms with van der Waals surface area (Å²) in [4.78, 5) is 19.7. The number of nitrogens with zero attached hydrogens (tertiary/aromatic N) is 2. The lowest BCUT2D eigenvalue weighted by atomic mass is 10.2. The minimum absolute atomic E-state index is 0.110. The first kappa shape index (κ1) is 16.6. The zero-order valence-corrected chi connectivity index (χ0v) is 13.9.